The van der Waals surface area contributed by atoms with E-state index in [4.69, 9.17) is 23.7 Å². The number of carbonyl (C=O) groups excluding carboxylic acids is 4. The zero-order valence-corrected chi connectivity index (χ0v) is 35.4. The number of hydrogen-bond donors (Lipinski definition) is 4. The topological polar surface area (TPSA) is 199 Å². The van der Waals surface area contributed by atoms with Crippen LogP contribution in [0.3, 0.4) is 0 Å². The number of ether oxygens (including phenoxy) is 5. The van der Waals surface area contributed by atoms with Crippen LogP contribution < -0.4 is 0 Å². The Morgan fingerprint density at radius 2 is 1.56 bits per heavy atom. The molecule has 1 saturated carbocycles. The lowest BCUT2D eigenvalue weighted by Gasteiger charge is -2.47. The second-order valence-electron chi connectivity index (χ2n) is 17.2. The Bertz CT molecular complexity index is 1470. The number of carbonyl (C=O) groups is 4. The molecule has 0 spiro atoms. The van der Waals surface area contributed by atoms with Crippen LogP contribution in [-0.2, 0) is 42.9 Å². The van der Waals surface area contributed by atoms with E-state index in [1.165, 1.54) is 14.2 Å². The van der Waals surface area contributed by atoms with Gasteiger partial charge in [-0.25, -0.2) is 4.79 Å². The van der Waals surface area contributed by atoms with Crippen molar-refractivity contribution in [3.05, 3.63) is 23.3 Å². The molecule has 1 aliphatic carbocycles. The van der Waals surface area contributed by atoms with Crippen molar-refractivity contribution in [3.63, 3.8) is 0 Å². The summed E-state index contributed by atoms with van der Waals surface area (Å²) in [4.78, 5) is 57.7. The Hall–Kier alpha value is -2.56. The van der Waals surface area contributed by atoms with Crippen LogP contribution in [0.4, 0.5) is 0 Å². The standard InChI is InChI=1S/C43H69NO13/c1-10-29-18-23(2)37(48)24(3)19-35(54-8)39-36(55-9)20-26(5)43(52,57-39)40(49)41(50)44-16-12-11-13-30(44)42(51)56-38(27(6)32(46)22-33(29)47)25(4)17-28-14-15-31(45)34(21-28)53-7/h17-18,24,26-32,34-39,45-46,48,52H,10-16,19-22H2,1-9H3/t24?,26?,27?,28?,29?,30?,31?,32?,34?,35?,36?,37?,38?,39?,43-/m1/s1. The largest absolute Gasteiger partial charge is 0.456 e. The molecular formula is C43H69NO13. The summed E-state index contributed by atoms with van der Waals surface area (Å²) in [5.74, 6) is -8.59. The SMILES string of the molecule is CCC1C=C(C)C(O)C(C)CC(OC)C2O[C@@](O)(C(=O)C(=O)N3CCCCC3C(=O)OC(C(C)=CC3CCC(O)C(OC)C3)C(C)C(O)CC1=O)C(C)CC2OC. The third-order valence-corrected chi connectivity index (χ3v) is 13.2. The minimum atomic E-state index is -2.57. The van der Waals surface area contributed by atoms with Crippen molar-refractivity contribution in [2.24, 2.45) is 29.6 Å². The summed E-state index contributed by atoms with van der Waals surface area (Å²) >= 11 is 0. The first-order valence-electron chi connectivity index (χ1n) is 20.9. The predicted octanol–water partition coefficient (Wildman–Crippen LogP) is 3.44. The number of fused-ring (bicyclic) bond motifs is 3. The van der Waals surface area contributed by atoms with Gasteiger partial charge in [0.2, 0.25) is 5.79 Å². The van der Waals surface area contributed by atoms with E-state index < -0.39 is 95.9 Å². The molecule has 4 aliphatic rings. The highest BCUT2D eigenvalue weighted by Crippen LogP contribution is 2.39. The van der Waals surface area contributed by atoms with E-state index in [1.807, 2.05) is 19.9 Å². The van der Waals surface area contributed by atoms with Gasteiger partial charge in [-0.05, 0) is 94.6 Å². The molecule has 2 saturated heterocycles. The Kier molecular flexibility index (Phi) is 17.0. The zero-order valence-electron chi connectivity index (χ0n) is 35.4. The van der Waals surface area contributed by atoms with Crippen LogP contribution >= 0.6 is 0 Å². The first-order chi connectivity index (χ1) is 26.9. The molecule has 2 bridgehead atoms. The van der Waals surface area contributed by atoms with E-state index in [9.17, 15) is 39.6 Å². The fourth-order valence-electron chi connectivity index (χ4n) is 9.31. The van der Waals surface area contributed by atoms with Gasteiger partial charge in [-0.3, -0.25) is 14.4 Å². The molecule has 14 unspecified atom stereocenters. The number of rotatable bonds is 6. The van der Waals surface area contributed by atoms with Crippen molar-refractivity contribution in [2.75, 3.05) is 27.9 Å². The quantitative estimate of drug-likeness (QED) is 0.173. The number of esters is 1. The second-order valence-corrected chi connectivity index (χ2v) is 17.2. The number of amides is 1. The smallest absolute Gasteiger partial charge is 0.329 e. The molecule has 3 aliphatic heterocycles. The molecule has 14 heteroatoms. The maximum absolute atomic E-state index is 14.3. The van der Waals surface area contributed by atoms with Crippen LogP contribution in [0, 0.1) is 29.6 Å². The fourth-order valence-corrected chi connectivity index (χ4v) is 9.31. The van der Waals surface area contributed by atoms with Gasteiger partial charge >= 0.3 is 5.97 Å². The van der Waals surface area contributed by atoms with Gasteiger partial charge in [-0.1, -0.05) is 39.8 Å². The van der Waals surface area contributed by atoms with Crippen molar-refractivity contribution in [2.45, 2.75) is 166 Å². The number of ketones is 2. The number of hydrogen-bond acceptors (Lipinski definition) is 13. The van der Waals surface area contributed by atoms with E-state index in [-0.39, 0.29) is 50.0 Å². The van der Waals surface area contributed by atoms with E-state index in [2.05, 4.69) is 0 Å². The number of aliphatic hydroxyl groups is 4. The van der Waals surface area contributed by atoms with Crippen molar-refractivity contribution >= 4 is 23.4 Å². The second kappa shape index (κ2) is 20.6. The summed E-state index contributed by atoms with van der Waals surface area (Å²) in [6.45, 7) is 10.6. The maximum Gasteiger partial charge on any atom is 0.329 e. The van der Waals surface area contributed by atoms with Gasteiger partial charge in [-0.15, -0.1) is 0 Å². The highest BCUT2D eigenvalue weighted by Gasteiger charge is 2.56. The van der Waals surface area contributed by atoms with Gasteiger partial charge in [0.25, 0.3) is 11.7 Å². The van der Waals surface area contributed by atoms with E-state index in [0.717, 1.165) is 4.90 Å². The van der Waals surface area contributed by atoms with Gasteiger partial charge in [0, 0.05) is 52.0 Å². The van der Waals surface area contributed by atoms with Gasteiger partial charge in [0.1, 0.15) is 24.0 Å². The van der Waals surface area contributed by atoms with Crippen LogP contribution in [0.5, 0.6) is 0 Å². The molecule has 0 aromatic rings. The number of cyclic esters (lactones) is 1. The first-order valence-corrected chi connectivity index (χ1v) is 20.9. The summed E-state index contributed by atoms with van der Waals surface area (Å²) in [6, 6.07) is -1.16. The molecule has 4 rings (SSSR count). The lowest BCUT2D eigenvalue weighted by molar-refractivity contribution is -0.302. The third-order valence-electron chi connectivity index (χ3n) is 13.2. The molecule has 324 valence electrons. The number of allylic oxidation sites excluding steroid dienone is 2. The summed E-state index contributed by atoms with van der Waals surface area (Å²) < 4.78 is 29.6. The maximum atomic E-state index is 14.3. The van der Waals surface area contributed by atoms with Crippen LogP contribution in [0.15, 0.2) is 23.3 Å². The molecule has 3 fully saturated rings. The van der Waals surface area contributed by atoms with Gasteiger partial charge < -0.3 is 49.0 Å². The molecule has 0 aromatic carbocycles. The number of piperidine rings is 1. The van der Waals surface area contributed by atoms with E-state index in [1.54, 1.807) is 40.9 Å². The average Bonchev–Trinajstić information content (AvgIpc) is 3.20. The van der Waals surface area contributed by atoms with Gasteiger partial charge in [-0.2, -0.15) is 0 Å². The van der Waals surface area contributed by atoms with Crippen molar-refractivity contribution in [3.8, 4) is 0 Å². The molecule has 15 atom stereocenters. The van der Waals surface area contributed by atoms with Crippen LogP contribution in [0.2, 0.25) is 0 Å². The molecule has 1 amide bonds. The van der Waals surface area contributed by atoms with Gasteiger partial charge in [0.05, 0.1) is 36.6 Å². The Balaban J connectivity index is 1.79. The lowest BCUT2D eigenvalue weighted by Crippen LogP contribution is -2.64. The van der Waals surface area contributed by atoms with E-state index >= 15 is 0 Å². The van der Waals surface area contributed by atoms with Crippen molar-refractivity contribution in [1.82, 2.24) is 4.90 Å². The number of methoxy groups -OCH3 is 3. The minimum Gasteiger partial charge on any atom is -0.456 e. The van der Waals surface area contributed by atoms with Crippen molar-refractivity contribution < 1.29 is 63.3 Å². The average molecular weight is 808 g/mol. The number of aliphatic hydroxyl groups excluding tert-OH is 3. The minimum absolute atomic E-state index is 0.0255. The first kappa shape index (κ1) is 47.1. The van der Waals surface area contributed by atoms with Crippen molar-refractivity contribution in [1.29, 1.82) is 0 Å². The number of nitrogens with zero attached hydrogens (tertiary/aromatic N) is 1. The van der Waals surface area contributed by atoms with E-state index in [0.29, 0.717) is 49.7 Å². The van der Waals surface area contributed by atoms with Crippen LogP contribution in [-0.4, -0.2) is 137 Å². The predicted molar refractivity (Wildman–Crippen MR) is 209 cm³/mol. The lowest BCUT2D eigenvalue weighted by atomic mass is 9.81. The van der Waals surface area contributed by atoms with Crippen LogP contribution in [0.1, 0.15) is 106 Å². The Labute approximate surface area is 338 Å². The molecule has 0 aromatic heterocycles. The summed E-state index contributed by atoms with van der Waals surface area (Å²) in [5.41, 5.74) is 1.19. The number of Topliss-reactive ketones (excluding diaryl/α,β-unsaturated/α-hetero) is 2. The molecule has 3 heterocycles. The summed E-state index contributed by atoms with van der Waals surface area (Å²) in [5, 5.41) is 45.6. The molecular weight excluding hydrogens is 738 g/mol. The highest BCUT2D eigenvalue weighted by molar-refractivity contribution is 6.39. The molecule has 0 radical (unpaired) electrons. The molecule has 14 nitrogen and oxygen atoms in total. The highest BCUT2D eigenvalue weighted by atomic mass is 16.7. The molecule has 4 N–H and O–H groups in total. The molecule has 57 heavy (non-hydrogen) atoms. The van der Waals surface area contributed by atoms with Gasteiger partial charge in [0.15, 0.2) is 0 Å². The third kappa shape index (κ3) is 10.8. The fraction of sp³-hybridized carbons (Fsp3) is 0.814. The monoisotopic (exact) mass is 807 g/mol. The summed E-state index contributed by atoms with van der Waals surface area (Å²) in [6.07, 6.45) is 0.618. The zero-order chi connectivity index (χ0) is 42.4. The Morgan fingerprint density at radius 3 is 2.19 bits per heavy atom. The Morgan fingerprint density at radius 1 is 0.912 bits per heavy atom. The summed E-state index contributed by atoms with van der Waals surface area (Å²) in [7, 11) is 4.49. The van der Waals surface area contributed by atoms with Crippen LogP contribution in [0.25, 0.3) is 0 Å². The normalized spacial score (nSPS) is 41.5.